The van der Waals surface area contributed by atoms with Gasteiger partial charge in [0.1, 0.15) is 24.2 Å². The van der Waals surface area contributed by atoms with Crippen LogP contribution in [0.1, 0.15) is 16.9 Å². The Morgan fingerprint density at radius 3 is 2.34 bits per heavy atom. The van der Waals surface area contributed by atoms with Crippen molar-refractivity contribution in [3.8, 4) is 17.2 Å². The van der Waals surface area contributed by atoms with Gasteiger partial charge >= 0.3 is 5.63 Å². The molecule has 0 amide bonds. The van der Waals surface area contributed by atoms with Crippen LogP contribution in [0.2, 0.25) is 0 Å². The van der Waals surface area contributed by atoms with E-state index in [1.165, 1.54) is 32.6 Å². The summed E-state index contributed by atoms with van der Waals surface area (Å²) in [6.45, 7) is 0.262. The van der Waals surface area contributed by atoms with E-state index in [4.69, 9.17) is 23.0 Å². The number of fused-ring (bicyclic) bond motifs is 1. The summed E-state index contributed by atoms with van der Waals surface area (Å²) in [4.78, 5) is 24.4. The molecular formula is C25H20O7. The summed E-state index contributed by atoms with van der Waals surface area (Å²) in [7, 11) is 3.02. The zero-order chi connectivity index (χ0) is 22.5. The van der Waals surface area contributed by atoms with E-state index in [1.807, 2.05) is 30.3 Å². The lowest BCUT2D eigenvalue weighted by atomic mass is 10.1. The molecule has 0 spiro atoms. The minimum absolute atomic E-state index is 0.119. The Balaban J connectivity index is 1.60. The number of hydrogen-bond donors (Lipinski definition) is 0. The van der Waals surface area contributed by atoms with Crippen LogP contribution < -0.4 is 25.3 Å². The lowest BCUT2D eigenvalue weighted by molar-refractivity contribution is 0.291. The number of benzene rings is 2. The van der Waals surface area contributed by atoms with Crippen LogP contribution >= 0.6 is 0 Å². The Morgan fingerprint density at radius 1 is 0.875 bits per heavy atom. The highest BCUT2D eigenvalue weighted by atomic mass is 16.5. The van der Waals surface area contributed by atoms with Crippen molar-refractivity contribution in [3.63, 3.8) is 0 Å². The van der Waals surface area contributed by atoms with Gasteiger partial charge in [0, 0.05) is 23.6 Å². The summed E-state index contributed by atoms with van der Waals surface area (Å²) >= 11 is 0. The van der Waals surface area contributed by atoms with Crippen LogP contribution in [0, 0.1) is 0 Å². The molecule has 2 aromatic carbocycles. The standard InChI is InChI=1S/C25H20O7/c1-28-22-12-19-17(10-25(27)32-21(19)13-23(22)29-2)8-9-18-11-20(26)24(15-30-18)31-14-16-6-4-3-5-7-16/h3-13,15H,14H2,1-2H3/b9-8+. The summed E-state index contributed by atoms with van der Waals surface area (Å²) < 4.78 is 26.9. The average Bonchev–Trinajstić information content (AvgIpc) is 2.81. The highest BCUT2D eigenvalue weighted by Gasteiger charge is 2.11. The highest BCUT2D eigenvalue weighted by molar-refractivity contribution is 5.91. The fraction of sp³-hybridized carbons (Fsp3) is 0.120. The maximum atomic E-state index is 12.4. The summed E-state index contributed by atoms with van der Waals surface area (Å²) in [5.74, 6) is 1.37. The Labute approximate surface area is 183 Å². The Hall–Kier alpha value is -4.26. The third-order valence-corrected chi connectivity index (χ3v) is 4.76. The van der Waals surface area contributed by atoms with Gasteiger partial charge in [-0.3, -0.25) is 4.79 Å². The van der Waals surface area contributed by atoms with Crippen molar-refractivity contribution in [1.82, 2.24) is 0 Å². The van der Waals surface area contributed by atoms with E-state index < -0.39 is 5.63 Å². The zero-order valence-corrected chi connectivity index (χ0v) is 17.5. The number of ether oxygens (including phenoxy) is 3. The SMILES string of the molecule is COc1cc2oc(=O)cc(/C=C/c3cc(=O)c(OCc4ccccc4)co3)c2cc1OC. The molecule has 162 valence electrons. The third-order valence-electron chi connectivity index (χ3n) is 4.76. The van der Waals surface area contributed by atoms with E-state index in [0.717, 1.165) is 5.56 Å². The molecular weight excluding hydrogens is 412 g/mol. The molecule has 0 radical (unpaired) electrons. The molecule has 0 N–H and O–H groups in total. The average molecular weight is 432 g/mol. The first kappa shape index (κ1) is 21.0. The van der Waals surface area contributed by atoms with Crippen LogP contribution in [0.25, 0.3) is 23.1 Å². The maximum absolute atomic E-state index is 12.4. The van der Waals surface area contributed by atoms with E-state index in [9.17, 15) is 9.59 Å². The number of rotatable bonds is 7. The fourth-order valence-corrected chi connectivity index (χ4v) is 3.16. The van der Waals surface area contributed by atoms with Gasteiger partial charge < -0.3 is 23.0 Å². The zero-order valence-electron chi connectivity index (χ0n) is 17.5. The second-order valence-corrected chi connectivity index (χ2v) is 6.84. The molecule has 2 aromatic heterocycles. The molecule has 7 nitrogen and oxygen atoms in total. The smallest absolute Gasteiger partial charge is 0.336 e. The Morgan fingerprint density at radius 2 is 1.62 bits per heavy atom. The lowest BCUT2D eigenvalue weighted by Gasteiger charge is -2.09. The van der Waals surface area contributed by atoms with E-state index >= 15 is 0 Å². The molecule has 2 heterocycles. The van der Waals surface area contributed by atoms with Gasteiger partial charge in [0.2, 0.25) is 11.2 Å². The lowest BCUT2D eigenvalue weighted by Crippen LogP contribution is -2.07. The van der Waals surface area contributed by atoms with Gasteiger partial charge in [-0.1, -0.05) is 36.4 Å². The second kappa shape index (κ2) is 9.26. The van der Waals surface area contributed by atoms with Crippen molar-refractivity contribution in [3.05, 3.63) is 98.4 Å². The summed E-state index contributed by atoms with van der Waals surface area (Å²) in [6.07, 6.45) is 4.53. The topological polar surface area (TPSA) is 88.1 Å². The molecule has 0 saturated carbocycles. The van der Waals surface area contributed by atoms with Gasteiger partial charge in [-0.25, -0.2) is 4.79 Å². The normalized spacial score (nSPS) is 11.1. The van der Waals surface area contributed by atoms with E-state index in [1.54, 1.807) is 24.3 Å². The molecule has 0 aliphatic carbocycles. The van der Waals surface area contributed by atoms with Crippen molar-refractivity contribution in [2.24, 2.45) is 0 Å². The third kappa shape index (κ3) is 4.57. The van der Waals surface area contributed by atoms with Crippen molar-refractivity contribution >= 4 is 23.1 Å². The Kier molecular flexibility index (Phi) is 6.07. The molecule has 4 aromatic rings. The molecule has 0 fully saturated rings. The summed E-state index contributed by atoms with van der Waals surface area (Å²) in [6, 6.07) is 15.5. The van der Waals surface area contributed by atoms with Crippen LogP contribution in [0.3, 0.4) is 0 Å². The fourth-order valence-electron chi connectivity index (χ4n) is 3.16. The van der Waals surface area contributed by atoms with Crippen LogP contribution in [-0.4, -0.2) is 14.2 Å². The first-order valence-electron chi connectivity index (χ1n) is 9.75. The van der Waals surface area contributed by atoms with E-state index in [2.05, 4.69) is 0 Å². The predicted octanol–water partition coefficient (Wildman–Crippen LogP) is 4.51. The molecule has 4 rings (SSSR count). The van der Waals surface area contributed by atoms with Crippen LogP contribution in [0.15, 0.2) is 79.3 Å². The molecule has 0 saturated heterocycles. The van der Waals surface area contributed by atoms with Crippen molar-refractivity contribution < 1.29 is 23.0 Å². The van der Waals surface area contributed by atoms with Gasteiger partial charge in [-0.05, 0) is 23.3 Å². The highest BCUT2D eigenvalue weighted by Crippen LogP contribution is 2.33. The van der Waals surface area contributed by atoms with Gasteiger partial charge in [0.05, 0.1) is 14.2 Å². The van der Waals surface area contributed by atoms with Crippen molar-refractivity contribution in [2.75, 3.05) is 14.2 Å². The van der Waals surface area contributed by atoms with Gasteiger partial charge in [-0.15, -0.1) is 0 Å². The monoisotopic (exact) mass is 432 g/mol. The van der Waals surface area contributed by atoms with Crippen molar-refractivity contribution in [2.45, 2.75) is 6.61 Å². The van der Waals surface area contributed by atoms with Gasteiger partial charge in [0.25, 0.3) is 0 Å². The second-order valence-electron chi connectivity index (χ2n) is 6.84. The molecule has 0 unspecified atom stereocenters. The minimum atomic E-state index is -0.518. The van der Waals surface area contributed by atoms with Crippen molar-refractivity contribution in [1.29, 1.82) is 0 Å². The predicted molar refractivity (Wildman–Crippen MR) is 120 cm³/mol. The van der Waals surface area contributed by atoms with Crippen LogP contribution in [0.4, 0.5) is 0 Å². The molecule has 32 heavy (non-hydrogen) atoms. The van der Waals surface area contributed by atoms with Gasteiger partial charge in [-0.2, -0.15) is 0 Å². The minimum Gasteiger partial charge on any atom is -0.493 e. The maximum Gasteiger partial charge on any atom is 0.336 e. The van der Waals surface area contributed by atoms with Crippen LogP contribution in [0.5, 0.6) is 17.2 Å². The molecule has 0 bridgehead atoms. The molecule has 0 atom stereocenters. The first-order valence-corrected chi connectivity index (χ1v) is 9.75. The summed E-state index contributed by atoms with van der Waals surface area (Å²) in [5.41, 5.74) is 1.04. The summed E-state index contributed by atoms with van der Waals surface area (Å²) in [5, 5.41) is 0.642. The Bertz CT molecular complexity index is 1380. The van der Waals surface area contributed by atoms with E-state index in [0.29, 0.717) is 33.8 Å². The van der Waals surface area contributed by atoms with E-state index in [-0.39, 0.29) is 17.8 Å². The first-order chi connectivity index (χ1) is 15.6. The number of methoxy groups -OCH3 is 2. The molecule has 0 aliphatic heterocycles. The van der Waals surface area contributed by atoms with Crippen LogP contribution in [-0.2, 0) is 6.61 Å². The molecule has 0 aliphatic rings. The number of hydrogen-bond acceptors (Lipinski definition) is 7. The largest absolute Gasteiger partial charge is 0.493 e. The quantitative estimate of drug-likeness (QED) is 0.397. The van der Waals surface area contributed by atoms with Gasteiger partial charge in [0.15, 0.2) is 11.5 Å². The molecule has 7 heteroatoms.